The summed E-state index contributed by atoms with van der Waals surface area (Å²) in [7, 11) is 0. The normalized spacial score (nSPS) is 26.0. The van der Waals surface area contributed by atoms with Crippen LogP contribution in [0.25, 0.3) is 0 Å². The van der Waals surface area contributed by atoms with Crippen LogP contribution in [0.1, 0.15) is 50.2 Å². The second kappa shape index (κ2) is 5.65. The molecule has 22 heavy (non-hydrogen) atoms. The van der Waals surface area contributed by atoms with Crippen LogP contribution >= 0.6 is 0 Å². The lowest BCUT2D eigenvalue weighted by molar-refractivity contribution is -0.134. The van der Waals surface area contributed by atoms with Gasteiger partial charge in [-0.15, -0.1) is 10.2 Å². The fraction of sp³-hybridized carbons (Fsp3) is 0.812. The van der Waals surface area contributed by atoms with Crippen LogP contribution in [-0.2, 0) is 17.9 Å². The van der Waals surface area contributed by atoms with Gasteiger partial charge in [0.25, 0.3) is 0 Å². The van der Waals surface area contributed by atoms with E-state index in [9.17, 15) is 4.79 Å². The summed E-state index contributed by atoms with van der Waals surface area (Å²) in [6.45, 7) is 7.24. The number of likely N-dealkylation sites (tertiary alicyclic amines) is 1. The Hall–Kier alpha value is -1.43. The van der Waals surface area contributed by atoms with E-state index in [0.29, 0.717) is 18.4 Å². The number of piperidine rings is 1. The van der Waals surface area contributed by atoms with Crippen molar-refractivity contribution < 1.29 is 4.79 Å². The van der Waals surface area contributed by atoms with Gasteiger partial charge in [0.2, 0.25) is 5.91 Å². The third kappa shape index (κ3) is 2.76. The Balaban J connectivity index is 1.37. The van der Waals surface area contributed by atoms with Gasteiger partial charge in [0.1, 0.15) is 11.6 Å². The average molecular weight is 303 g/mol. The van der Waals surface area contributed by atoms with Crippen molar-refractivity contribution in [3.63, 3.8) is 0 Å². The molecule has 120 valence electrons. The summed E-state index contributed by atoms with van der Waals surface area (Å²) in [5, 5.41) is 8.71. The predicted molar refractivity (Wildman–Crippen MR) is 82.3 cm³/mol. The summed E-state index contributed by atoms with van der Waals surface area (Å²) in [6.07, 6.45) is 4.91. The van der Waals surface area contributed by atoms with Gasteiger partial charge in [0, 0.05) is 32.1 Å². The molecule has 4 rings (SSSR count). The van der Waals surface area contributed by atoms with Crippen LogP contribution in [0.2, 0.25) is 0 Å². The average Bonchev–Trinajstić information content (AvgIpc) is 3.27. The number of carbonyl (C=O) groups excluding carboxylic acids is 1. The second-order valence-corrected chi connectivity index (χ2v) is 7.20. The maximum atomic E-state index is 12.5. The maximum Gasteiger partial charge on any atom is 0.236 e. The highest BCUT2D eigenvalue weighted by Gasteiger charge is 2.32. The number of nitrogens with zero attached hydrogens (tertiary/aromatic N) is 5. The van der Waals surface area contributed by atoms with E-state index >= 15 is 0 Å². The van der Waals surface area contributed by atoms with E-state index in [1.807, 2.05) is 4.90 Å². The van der Waals surface area contributed by atoms with Crippen LogP contribution < -0.4 is 0 Å². The largest absolute Gasteiger partial charge is 0.341 e. The topological polar surface area (TPSA) is 54.3 Å². The van der Waals surface area contributed by atoms with Crippen LogP contribution in [0.4, 0.5) is 0 Å². The Bertz CT molecular complexity index is 565. The Kier molecular flexibility index (Phi) is 3.64. The smallest absolute Gasteiger partial charge is 0.236 e. The SMILES string of the molecule is C[C@@H]1CCCN(C(=O)CN2CCn3c(nnc3C3CC3)C2)C1. The number of aromatic nitrogens is 3. The molecule has 0 radical (unpaired) electrons. The maximum absolute atomic E-state index is 12.5. The number of amides is 1. The molecule has 2 fully saturated rings. The Morgan fingerprint density at radius 3 is 2.82 bits per heavy atom. The third-order valence-corrected chi connectivity index (χ3v) is 5.17. The molecule has 1 atom stereocenters. The lowest BCUT2D eigenvalue weighted by Gasteiger charge is -2.34. The van der Waals surface area contributed by atoms with E-state index in [1.165, 1.54) is 25.1 Å². The molecule has 3 heterocycles. The fourth-order valence-electron chi connectivity index (χ4n) is 3.72. The van der Waals surface area contributed by atoms with Gasteiger partial charge >= 0.3 is 0 Å². The predicted octanol–water partition coefficient (Wildman–Crippen LogP) is 1.23. The monoisotopic (exact) mass is 303 g/mol. The Labute approximate surface area is 131 Å². The molecule has 1 aromatic heterocycles. The zero-order chi connectivity index (χ0) is 15.1. The first kappa shape index (κ1) is 14.2. The molecule has 0 N–H and O–H groups in total. The minimum atomic E-state index is 0.280. The molecule has 1 aliphatic carbocycles. The second-order valence-electron chi connectivity index (χ2n) is 7.20. The lowest BCUT2D eigenvalue weighted by Crippen LogP contribution is -2.46. The molecular weight excluding hydrogens is 278 g/mol. The van der Waals surface area contributed by atoms with Crippen molar-refractivity contribution in [3.05, 3.63) is 11.6 Å². The van der Waals surface area contributed by atoms with Gasteiger partial charge in [-0.05, 0) is 31.6 Å². The number of fused-ring (bicyclic) bond motifs is 1. The summed E-state index contributed by atoms with van der Waals surface area (Å²) >= 11 is 0. The lowest BCUT2D eigenvalue weighted by atomic mass is 10.0. The van der Waals surface area contributed by atoms with Crippen molar-refractivity contribution in [2.45, 2.75) is 51.6 Å². The molecule has 1 aromatic rings. The number of hydrogen-bond donors (Lipinski definition) is 0. The van der Waals surface area contributed by atoms with E-state index < -0.39 is 0 Å². The molecule has 0 bridgehead atoms. The minimum Gasteiger partial charge on any atom is -0.341 e. The molecule has 6 heteroatoms. The first-order valence-electron chi connectivity index (χ1n) is 8.63. The first-order valence-corrected chi connectivity index (χ1v) is 8.63. The van der Waals surface area contributed by atoms with Crippen molar-refractivity contribution in [1.29, 1.82) is 0 Å². The first-order chi connectivity index (χ1) is 10.7. The highest BCUT2D eigenvalue weighted by molar-refractivity contribution is 5.78. The number of hydrogen-bond acceptors (Lipinski definition) is 4. The molecule has 0 spiro atoms. The summed E-state index contributed by atoms with van der Waals surface area (Å²) in [6, 6.07) is 0. The van der Waals surface area contributed by atoms with Crippen LogP contribution in [0.15, 0.2) is 0 Å². The van der Waals surface area contributed by atoms with Gasteiger partial charge in [-0.2, -0.15) is 0 Å². The van der Waals surface area contributed by atoms with Gasteiger partial charge in [-0.1, -0.05) is 6.92 Å². The van der Waals surface area contributed by atoms with Crippen LogP contribution in [0, 0.1) is 5.92 Å². The standard InChI is InChI=1S/C16H25N5O/c1-12-3-2-6-20(9-12)15(22)11-19-7-8-21-14(10-19)17-18-16(21)13-4-5-13/h12-13H,2-11H2,1H3/t12-/m1/s1. The van der Waals surface area contributed by atoms with Crippen molar-refractivity contribution >= 4 is 5.91 Å². The highest BCUT2D eigenvalue weighted by Crippen LogP contribution is 2.39. The molecule has 2 aliphatic heterocycles. The number of rotatable bonds is 3. The summed E-state index contributed by atoms with van der Waals surface area (Å²) < 4.78 is 2.28. The van der Waals surface area contributed by atoms with Crippen LogP contribution in [0.3, 0.4) is 0 Å². The van der Waals surface area contributed by atoms with Gasteiger partial charge in [0.05, 0.1) is 13.1 Å². The van der Waals surface area contributed by atoms with Crippen LogP contribution in [-0.4, -0.2) is 56.7 Å². The van der Waals surface area contributed by atoms with Gasteiger partial charge in [0.15, 0.2) is 0 Å². The van der Waals surface area contributed by atoms with Gasteiger partial charge in [-0.3, -0.25) is 9.69 Å². The zero-order valence-corrected chi connectivity index (χ0v) is 13.4. The van der Waals surface area contributed by atoms with Crippen molar-refractivity contribution in [3.8, 4) is 0 Å². The summed E-state index contributed by atoms with van der Waals surface area (Å²) in [5.41, 5.74) is 0. The number of carbonyl (C=O) groups is 1. The Morgan fingerprint density at radius 2 is 2.05 bits per heavy atom. The zero-order valence-electron chi connectivity index (χ0n) is 13.4. The van der Waals surface area contributed by atoms with Crippen molar-refractivity contribution in [2.75, 3.05) is 26.2 Å². The summed E-state index contributed by atoms with van der Waals surface area (Å²) in [4.78, 5) is 16.8. The molecule has 0 unspecified atom stereocenters. The molecule has 6 nitrogen and oxygen atoms in total. The Morgan fingerprint density at radius 1 is 1.18 bits per heavy atom. The van der Waals surface area contributed by atoms with Gasteiger partial charge in [-0.25, -0.2) is 0 Å². The highest BCUT2D eigenvalue weighted by atomic mass is 16.2. The molecule has 1 amide bonds. The molecule has 1 saturated carbocycles. The summed E-state index contributed by atoms with van der Waals surface area (Å²) in [5.74, 6) is 3.77. The minimum absolute atomic E-state index is 0.280. The van der Waals surface area contributed by atoms with Crippen LogP contribution in [0.5, 0.6) is 0 Å². The van der Waals surface area contributed by atoms with E-state index in [0.717, 1.165) is 45.0 Å². The molecular formula is C16H25N5O. The van der Waals surface area contributed by atoms with Gasteiger partial charge < -0.3 is 9.47 Å². The molecule has 3 aliphatic rings. The quantitative estimate of drug-likeness (QED) is 0.843. The molecule has 1 saturated heterocycles. The van der Waals surface area contributed by atoms with Crippen molar-refractivity contribution in [1.82, 2.24) is 24.6 Å². The third-order valence-electron chi connectivity index (χ3n) is 5.17. The fourth-order valence-corrected chi connectivity index (χ4v) is 3.72. The van der Waals surface area contributed by atoms with E-state index in [1.54, 1.807) is 0 Å². The molecule has 0 aromatic carbocycles. The van der Waals surface area contributed by atoms with E-state index in [4.69, 9.17) is 0 Å². The van der Waals surface area contributed by atoms with E-state index in [-0.39, 0.29) is 5.91 Å². The van der Waals surface area contributed by atoms with Crippen molar-refractivity contribution in [2.24, 2.45) is 5.92 Å². The van der Waals surface area contributed by atoms with E-state index in [2.05, 4.69) is 26.6 Å².